The number of benzene rings is 1. The molecule has 2 nitrogen and oxygen atoms in total. The number of aliphatic hydroxyl groups excluding tert-OH is 1. The van der Waals surface area contributed by atoms with Crippen molar-refractivity contribution in [3.63, 3.8) is 0 Å². The van der Waals surface area contributed by atoms with Crippen molar-refractivity contribution in [3.05, 3.63) is 29.3 Å². The molecule has 1 N–H and O–H groups in total. The van der Waals surface area contributed by atoms with Gasteiger partial charge in [-0.2, -0.15) is 11.8 Å². The first-order valence-electron chi connectivity index (χ1n) is 7.21. The molecule has 3 heteroatoms. The number of ether oxygens (including phenoxy) is 1. The molecule has 1 aromatic carbocycles. The number of hydrogen-bond donors (Lipinski definition) is 1. The molecule has 1 aliphatic carbocycles. The van der Waals surface area contributed by atoms with Crippen molar-refractivity contribution in [2.45, 2.75) is 43.1 Å². The smallest absolute Gasteiger partial charge is 0.119 e. The van der Waals surface area contributed by atoms with Crippen molar-refractivity contribution in [3.8, 4) is 17.6 Å². The summed E-state index contributed by atoms with van der Waals surface area (Å²) in [6.45, 7) is 0.120. The second-order valence-corrected chi connectivity index (χ2v) is 6.30. The summed E-state index contributed by atoms with van der Waals surface area (Å²) in [7, 11) is 1.69. The Morgan fingerprint density at radius 1 is 1.35 bits per heavy atom. The summed E-state index contributed by atoms with van der Waals surface area (Å²) < 4.78 is 5.31. The number of hydrogen-bond acceptors (Lipinski definition) is 3. The molecule has 0 spiro atoms. The quantitative estimate of drug-likeness (QED) is 0.840. The summed E-state index contributed by atoms with van der Waals surface area (Å²) >= 11 is 2.04. The van der Waals surface area contributed by atoms with Gasteiger partial charge >= 0.3 is 0 Å². The third kappa shape index (κ3) is 4.47. The highest BCUT2D eigenvalue weighted by Gasteiger charge is 2.16. The third-order valence-electron chi connectivity index (χ3n) is 3.55. The van der Waals surface area contributed by atoms with Crippen molar-refractivity contribution in [1.29, 1.82) is 0 Å². The molecule has 0 heterocycles. The van der Waals surface area contributed by atoms with E-state index in [-0.39, 0.29) is 6.61 Å². The third-order valence-corrected chi connectivity index (χ3v) is 4.97. The summed E-state index contributed by atoms with van der Waals surface area (Å²) in [5.41, 5.74) is 2.30. The molecule has 0 unspecified atom stereocenters. The van der Waals surface area contributed by atoms with Gasteiger partial charge in [-0.25, -0.2) is 0 Å². The van der Waals surface area contributed by atoms with E-state index in [9.17, 15) is 0 Å². The molecule has 0 aromatic heterocycles. The Bertz CT molecular complexity index is 481. The fraction of sp³-hybridized carbons (Fsp3) is 0.529. The Labute approximate surface area is 125 Å². The Hall–Kier alpha value is -1.11. The molecule has 1 saturated carbocycles. The molecule has 0 radical (unpaired) electrons. The van der Waals surface area contributed by atoms with Gasteiger partial charge in [0.15, 0.2) is 0 Å². The van der Waals surface area contributed by atoms with E-state index in [0.29, 0.717) is 6.42 Å². The van der Waals surface area contributed by atoms with E-state index in [2.05, 4.69) is 17.9 Å². The van der Waals surface area contributed by atoms with Crippen LogP contribution in [0.3, 0.4) is 0 Å². The fourth-order valence-corrected chi connectivity index (χ4v) is 3.74. The molecular formula is C17H22O2S. The molecule has 0 amide bonds. The van der Waals surface area contributed by atoms with Crippen LogP contribution in [0.15, 0.2) is 18.2 Å². The monoisotopic (exact) mass is 290 g/mol. The van der Waals surface area contributed by atoms with E-state index in [0.717, 1.165) is 22.3 Å². The van der Waals surface area contributed by atoms with Gasteiger partial charge in [0.1, 0.15) is 5.75 Å². The maximum Gasteiger partial charge on any atom is 0.119 e. The Morgan fingerprint density at radius 3 is 2.85 bits per heavy atom. The maximum atomic E-state index is 8.82. The highest BCUT2D eigenvalue weighted by molar-refractivity contribution is 7.99. The van der Waals surface area contributed by atoms with Gasteiger partial charge in [-0.3, -0.25) is 0 Å². The SMILES string of the molecule is COc1ccc(C#CCCO)c(CSC2CCCC2)c1. The van der Waals surface area contributed by atoms with Gasteiger partial charge < -0.3 is 9.84 Å². The average Bonchev–Trinajstić information content (AvgIpc) is 2.99. The van der Waals surface area contributed by atoms with Crippen molar-refractivity contribution in [2.24, 2.45) is 0 Å². The van der Waals surface area contributed by atoms with Gasteiger partial charge in [0.05, 0.1) is 13.7 Å². The first kappa shape index (κ1) is 15.3. The lowest BCUT2D eigenvalue weighted by molar-refractivity contribution is 0.305. The van der Waals surface area contributed by atoms with Crippen LogP contribution in [0.25, 0.3) is 0 Å². The average molecular weight is 290 g/mol. The predicted octanol–water partition coefficient (Wildman–Crippen LogP) is 3.60. The normalized spacial score (nSPS) is 14.9. The molecule has 1 aliphatic rings. The van der Waals surface area contributed by atoms with Crippen LogP contribution in [0.1, 0.15) is 43.2 Å². The standard InChI is InChI=1S/C17H22O2S/c1-19-16-10-9-14(6-4-5-11-18)15(12-16)13-20-17-7-2-3-8-17/h9-10,12,17-18H,2-3,5,7-8,11,13H2,1H3. The zero-order valence-corrected chi connectivity index (χ0v) is 12.8. The number of aliphatic hydroxyl groups is 1. The molecule has 0 bridgehead atoms. The highest BCUT2D eigenvalue weighted by atomic mass is 32.2. The molecule has 0 atom stereocenters. The minimum absolute atomic E-state index is 0.120. The lowest BCUT2D eigenvalue weighted by Gasteiger charge is -2.11. The maximum absolute atomic E-state index is 8.82. The number of thioether (sulfide) groups is 1. The molecule has 1 aromatic rings. The molecule has 108 valence electrons. The van der Waals surface area contributed by atoms with E-state index < -0.39 is 0 Å². The molecular weight excluding hydrogens is 268 g/mol. The Balaban J connectivity index is 2.07. The van der Waals surface area contributed by atoms with E-state index in [4.69, 9.17) is 9.84 Å². The van der Waals surface area contributed by atoms with Gasteiger partial charge in [-0.15, -0.1) is 0 Å². The first-order valence-corrected chi connectivity index (χ1v) is 8.26. The van der Waals surface area contributed by atoms with Crippen LogP contribution in [0, 0.1) is 11.8 Å². The predicted molar refractivity (Wildman–Crippen MR) is 85.1 cm³/mol. The van der Waals surface area contributed by atoms with E-state index in [1.54, 1.807) is 7.11 Å². The van der Waals surface area contributed by atoms with Crippen molar-refractivity contribution < 1.29 is 9.84 Å². The molecule has 2 rings (SSSR count). The number of rotatable bonds is 5. The second-order valence-electron chi connectivity index (χ2n) is 5.02. The molecule has 0 saturated heterocycles. The number of methoxy groups -OCH3 is 1. The van der Waals surface area contributed by atoms with Crippen LogP contribution in [0.2, 0.25) is 0 Å². The van der Waals surface area contributed by atoms with Crippen LogP contribution >= 0.6 is 11.8 Å². The van der Waals surface area contributed by atoms with E-state index >= 15 is 0 Å². The lowest BCUT2D eigenvalue weighted by Crippen LogP contribution is -1.97. The van der Waals surface area contributed by atoms with Crippen LogP contribution < -0.4 is 4.74 Å². The Kier molecular flexibility index (Phi) is 6.29. The minimum Gasteiger partial charge on any atom is -0.497 e. The van der Waals surface area contributed by atoms with Crippen LogP contribution in [0.5, 0.6) is 5.75 Å². The summed E-state index contributed by atoms with van der Waals surface area (Å²) in [6.07, 6.45) is 5.97. The summed E-state index contributed by atoms with van der Waals surface area (Å²) in [4.78, 5) is 0. The van der Waals surface area contributed by atoms with Gasteiger partial charge in [-0.05, 0) is 36.6 Å². The van der Waals surface area contributed by atoms with Crippen molar-refractivity contribution >= 4 is 11.8 Å². The van der Waals surface area contributed by atoms with Crippen LogP contribution in [-0.2, 0) is 5.75 Å². The lowest BCUT2D eigenvalue weighted by atomic mass is 10.1. The van der Waals surface area contributed by atoms with Crippen molar-refractivity contribution in [2.75, 3.05) is 13.7 Å². The first-order chi connectivity index (χ1) is 9.83. The van der Waals surface area contributed by atoms with Crippen molar-refractivity contribution in [1.82, 2.24) is 0 Å². The molecule has 20 heavy (non-hydrogen) atoms. The minimum atomic E-state index is 0.120. The molecule has 0 aliphatic heterocycles. The fourth-order valence-electron chi connectivity index (χ4n) is 2.41. The molecule has 1 fully saturated rings. The topological polar surface area (TPSA) is 29.5 Å². The highest BCUT2D eigenvalue weighted by Crippen LogP contribution is 2.32. The summed E-state index contributed by atoms with van der Waals surface area (Å²) in [6, 6.07) is 6.06. The van der Waals surface area contributed by atoms with E-state index in [1.165, 1.54) is 31.2 Å². The van der Waals surface area contributed by atoms with Crippen LogP contribution in [-0.4, -0.2) is 24.1 Å². The summed E-state index contributed by atoms with van der Waals surface area (Å²) in [5, 5.41) is 9.62. The van der Waals surface area contributed by atoms with Gasteiger partial charge in [-0.1, -0.05) is 24.7 Å². The van der Waals surface area contributed by atoms with Gasteiger partial charge in [0, 0.05) is 23.0 Å². The van der Waals surface area contributed by atoms with Gasteiger partial charge in [0.25, 0.3) is 0 Å². The van der Waals surface area contributed by atoms with Crippen LogP contribution in [0.4, 0.5) is 0 Å². The largest absolute Gasteiger partial charge is 0.497 e. The second kappa shape index (κ2) is 8.24. The Morgan fingerprint density at radius 2 is 2.15 bits per heavy atom. The zero-order valence-electron chi connectivity index (χ0n) is 12.0. The van der Waals surface area contributed by atoms with E-state index in [1.807, 2.05) is 23.9 Å². The van der Waals surface area contributed by atoms with Gasteiger partial charge in [0.2, 0.25) is 0 Å². The zero-order chi connectivity index (χ0) is 14.2. The summed E-state index contributed by atoms with van der Waals surface area (Å²) in [5.74, 6) is 8.05.